The summed E-state index contributed by atoms with van der Waals surface area (Å²) >= 11 is 0. The van der Waals surface area contributed by atoms with Crippen LogP contribution in [0.3, 0.4) is 0 Å². The highest BCUT2D eigenvalue weighted by Crippen LogP contribution is 2.16. The van der Waals surface area contributed by atoms with E-state index in [0.29, 0.717) is 13.2 Å². The second kappa shape index (κ2) is 6.92. The zero-order valence-electron chi connectivity index (χ0n) is 10.8. The minimum atomic E-state index is -0.187. The van der Waals surface area contributed by atoms with Crippen LogP contribution < -0.4 is 5.73 Å². The summed E-state index contributed by atoms with van der Waals surface area (Å²) in [5, 5.41) is 0. The number of morpholine rings is 1. The van der Waals surface area contributed by atoms with Crippen molar-refractivity contribution in [2.75, 3.05) is 52.5 Å². The van der Waals surface area contributed by atoms with Crippen molar-refractivity contribution in [1.29, 1.82) is 0 Å². The predicted octanol–water partition coefficient (Wildman–Crippen LogP) is -0.122. The maximum Gasteiger partial charge on any atom is 0.410 e. The number of ether oxygens (including phenoxy) is 2. The van der Waals surface area contributed by atoms with Gasteiger partial charge in [0, 0.05) is 38.6 Å². The fraction of sp³-hybridized carbons (Fsp3) is 0.917. The molecule has 0 bridgehead atoms. The van der Waals surface area contributed by atoms with Gasteiger partial charge in [0.2, 0.25) is 0 Å². The smallest absolute Gasteiger partial charge is 0.410 e. The highest BCUT2D eigenvalue weighted by Gasteiger charge is 2.29. The second-order valence-corrected chi connectivity index (χ2v) is 4.78. The number of rotatable bonds is 5. The molecule has 6 nitrogen and oxygen atoms in total. The first-order valence-electron chi connectivity index (χ1n) is 6.75. The van der Waals surface area contributed by atoms with E-state index in [1.54, 1.807) is 0 Å². The monoisotopic (exact) mass is 257 g/mol. The second-order valence-electron chi connectivity index (χ2n) is 4.78. The van der Waals surface area contributed by atoms with Crippen LogP contribution >= 0.6 is 0 Å². The van der Waals surface area contributed by atoms with E-state index in [9.17, 15) is 4.79 Å². The number of carbonyl (C=O) groups is 1. The van der Waals surface area contributed by atoms with Gasteiger partial charge in [-0.25, -0.2) is 4.79 Å². The Morgan fingerprint density at radius 1 is 1.22 bits per heavy atom. The number of nitrogens with two attached hydrogens (primary N) is 1. The summed E-state index contributed by atoms with van der Waals surface area (Å²) in [6.45, 7) is 6.23. The maximum atomic E-state index is 11.8. The minimum absolute atomic E-state index is 0.187. The van der Waals surface area contributed by atoms with Crippen molar-refractivity contribution in [1.82, 2.24) is 9.80 Å². The van der Waals surface area contributed by atoms with Crippen LogP contribution in [0.4, 0.5) is 4.79 Å². The molecule has 2 aliphatic rings. The third kappa shape index (κ3) is 3.57. The fourth-order valence-electron chi connectivity index (χ4n) is 2.51. The third-order valence-corrected chi connectivity index (χ3v) is 3.61. The summed E-state index contributed by atoms with van der Waals surface area (Å²) in [5.41, 5.74) is 5.60. The molecule has 2 aliphatic heterocycles. The Balaban J connectivity index is 1.81. The first-order valence-corrected chi connectivity index (χ1v) is 6.75. The lowest BCUT2D eigenvalue weighted by Gasteiger charge is -2.36. The number of nitrogens with zero attached hydrogens (tertiary/aromatic N) is 2. The van der Waals surface area contributed by atoms with Gasteiger partial charge in [0.25, 0.3) is 0 Å². The molecule has 2 N–H and O–H groups in total. The first kappa shape index (κ1) is 13.6. The Morgan fingerprint density at radius 3 is 2.72 bits per heavy atom. The van der Waals surface area contributed by atoms with Crippen molar-refractivity contribution in [2.24, 2.45) is 5.73 Å². The van der Waals surface area contributed by atoms with E-state index < -0.39 is 0 Å². The topological polar surface area (TPSA) is 68.0 Å². The largest absolute Gasteiger partial charge is 0.449 e. The van der Waals surface area contributed by atoms with Gasteiger partial charge in [-0.2, -0.15) is 0 Å². The summed E-state index contributed by atoms with van der Waals surface area (Å²) in [6.07, 6.45) is 1.57. The molecule has 2 saturated heterocycles. The van der Waals surface area contributed by atoms with E-state index in [2.05, 4.69) is 4.90 Å². The van der Waals surface area contributed by atoms with Crippen LogP contribution in [0.2, 0.25) is 0 Å². The van der Waals surface area contributed by atoms with Gasteiger partial charge in [0.1, 0.15) is 0 Å². The van der Waals surface area contributed by atoms with Gasteiger partial charge in [0.15, 0.2) is 0 Å². The van der Waals surface area contributed by atoms with Gasteiger partial charge in [0.05, 0.1) is 19.8 Å². The summed E-state index contributed by atoms with van der Waals surface area (Å²) < 4.78 is 10.4. The van der Waals surface area contributed by atoms with Gasteiger partial charge in [-0.05, 0) is 13.0 Å². The summed E-state index contributed by atoms with van der Waals surface area (Å²) in [6, 6.07) is 0.247. The van der Waals surface area contributed by atoms with Crippen molar-refractivity contribution in [3.8, 4) is 0 Å². The molecule has 2 fully saturated rings. The highest BCUT2D eigenvalue weighted by atomic mass is 16.6. The SMILES string of the molecule is NCCC1CCOC(=O)N1CCN1CCOCC1. The van der Waals surface area contributed by atoms with Crippen molar-refractivity contribution in [2.45, 2.75) is 18.9 Å². The number of hydrogen-bond acceptors (Lipinski definition) is 5. The summed E-state index contributed by atoms with van der Waals surface area (Å²) in [5.74, 6) is 0. The summed E-state index contributed by atoms with van der Waals surface area (Å²) in [7, 11) is 0. The van der Waals surface area contributed by atoms with Gasteiger partial charge in [-0.15, -0.1) is 0 Å². The molecule has 1 unspecified atom stereocenters. The van der Waals surface area contributed by atoms with E-state index in [1.165, 1.54) is 0 Å². The number of amides is 1. The third-order valence-electron chi connectivity index (χ3n) is 3.61. The number of carbonyl (C=O) groups excluding carboxylic acids is 1. The molecule has 0 spiro atoms. The minimum Gasteiger partial charge on any atom is -0.449 e. The van der Waals surface area contributed by atoms with Crippen LogP contribution in [-0.2, 0) is 9.47 Å². The Hall–Kier alpha value is -0.850. The molecule has 2 heterocycles. The lowest BCUT2D eigenvalue weighted by atomic mass is 10.1. The maximum absolute atomic E-state index is 11.8. The molecule has 6 heteroatoms. The molecule has 2 rings (SSSR count). The average Bonchev–Trinajstić information content (AvgIpc) is 2.40. The van der Waals surface area contributed by atoms with Crippen LogP contribution in [-0.4, -0.2) is 74.5 Å². The Labute approximate surface area is 108 Å². The molecule has 0 aromatic carbocycles. The molecule has 0 saturated carbocycles. The molecule has 1 atom stereocenters. The average molecular weight is 257 g/mol. The predicted molar refractivity (Wildman–Crippen MR) is 67.4 cm³/mol. The lowest BCUT2D eigenvalue weighted by Crippen LogP contribution is -2.50. The molecular formula is C12H23N3O3. The Morgan fingerprint density at radius 2 is 2.00 bits per heavy atom. The molecule has 1 amide bonds. The van der Waals surface area contributed by atoms with Crippen LogP contribution in [0.15, 0.2) is 0 Å². The van der Waals surface area contributed by atoms with E-state index in [1.807, 2.05) is 4.90 Å². The molecule has 18 heavy (non-hydrogen) atoms. The lowest BCUT2D eigenvalue weighted by molar-refractivity contribution is 0.0165. The van der Waals surface area contributed by atoms with Gasteiger partial charge >= 0.3 is 6.09 Å². The van der Waals surface area contributed by atoms with Crippen molar-refractivity contribution in [3.63, 3.8) is 0 Å². The van der Waals surface area contributed by atoms with E-state index in [4.69, 9.17) is 15.2 Å². The molecule has 0 aliphatic carbocycles. The van der Waals surface area contributed by atoms with Gasteiger partial charge in [-0.1, -0.05) is 0 Å². The number of cyclic esters (lactones) is 1. The van der Waals surface area contributed by atoms with Crippen molar-refractivity contribution >= 4 is 6.09 Å². The van der Waals surface area contributed by atoms with Gasteiger partial charge < -0.3 is 20.1 Å². The van der Waals surface area contributed by atoms with Crippen LogP contribution in [0.1, 0.15) is 12.8 Å². The van der Waals surface area contributed by atoms with E-state index in [-0.39, 0.29) is 12.1 Å². The van der Waals surface area contributed by atoms with Gasteiger partial charge in [-0.3, -0.25) is 4.90 Å². The Kier molecular flexibility index (Phi) is 5.22. The van der Waals surface area contributed by atoms with E-state index >= 15 is 0 Å². The van der Waals surface area contributed by atoms with Crippen molar-refractivity contribution in [3.05, 3.63) is 0 Å². The van der Waals surface area contributed by atoms with Crippen LogP contribution in [0, 0.1) is 0 Å². The van der Waals surface area contributed by atoms with Crippen molar-refractivity contribution < 1.29 is 14.3 Å². The van der Waals surface area contributed by atoms with E-state index in [0.717, 1.165) is 52.2 Å². The fourth-order valence-corrected chi connectivity index (χ4v) is 2.51. The number of hydrogen-bond donors (Lipinski definition) is 1. The Bertz CT molecular complexity index is 267. The molecule has 0 radical (unpaired) electrons. The quantitative estimate of drug-likeness (QED) is 0.743. The molecule has 104 valence electrons. The zero-order valence-corrected chi connectivity index (χ0v) is 10.8. The normalized spacial score (nSPS) is 26.2. The highest BCUT2D eigenvalue weighted by molar-refractivity contribution is 5.68. The molecule has 0 aromatic rings. The first-order chi connectivity index (χ1) is 8.81. The van der Waals surface area contributed by atoms with Crippen LogP contribution in [0.5, 0.6) is 0 Å². The van der Waals surface area contributed by atoms with Crippen LogP contribution in [0.25, 0.3) is 0 Å². The molecular weight excluding hydrogens is 234 g/mol. The summed E-state index contributed by atoms with van der Waals surface area (Å²) in [4.78, 5) is 15.9. The zero-order chi connectivity index (χ0) is 12.8. The standard InChI is InChI=1S/C12H23N3O3/c13-3-1-11-2-8-18-12(16)15(11)5-4-14-6-9-17-10-7-14/h11H,1-10,13H2. The molecule has 0 aromatic heterocycles.